The molecule has 2 fully saturated rings. The summed E-state index contributed by atoms with van der Waals surface area (Å²) in [6, 6.07) is 0.179. The van der Waals surface area contributed by atoms with Crippen molar-refractivity contribution in [1.82, 2.24) is 0 Å². The van der Waals surface area contributed by atoms with Gasteiger partial charge in [0, 0.05) is 12.5 Å². The molecule has 2 bridgehead atoms. The first-order chi connectivity index (χ1) is 4.27. The molecule has 2 aliphatic heterocycles. The summed E-state index contributed by atoms with van der Waals surface area (Å²) < 4.78 is 5.32. The average molecular weight is 129 g/mol. The average Bonchev–Trinajstić information content (AvgIpc) is 2.24. The van der Waals surface area contributed by atoms with Crippen LogP contribution >= 0.6 is 0 Å². The van der Waals surface area contributed by atoms with Gasteiger partial charge in [0.15, 0.2) is 0 Å². The molecule has 52 valence electrons. The van der Waals surface area contributed by atoms with E-state index in [4.69, 9.17) is 15.6 Å². The number of hydrogen-bond donors (Lipinski definition) is 2. The van der Waals surface area contributed by atoms with Crippen LogP contribution in [0.5, 0.6) is 0 Å². The first-order valence-corrected chi connectivity index (χ1v) is 3.36. The van der Waals surface area contributed by atoms with Gasteiger partial charge in [-0.2, -0.15) is 0 Å². The Morgan fingerprint density at radius 2 is 2.11 bits per heavy atom. The molecule has 2 heterocycles. The zero-order valence-corrected chi connectivity index (χ0v) is 5.16. The first kappa shape index (κ1) is 5.65. The highest BCUT2D eigenvalue weighted by atomic mass is 16.5. The zero-order valence-electron chi connectivity index (χ0n) is 5.16. The van der Waals surface area contributed by atoms with Crippen LogP contribution in [0.4, 0.5) is 0 Å². The van der Waals surface area contributed by atoms with Gasteiger partial charge in [0.2, 0.25) is 0 Å². The molecular weight excluding hydrogens is 118 g/mol. The number of nitrogens with two attached hydrogens (primary N) is 1. The van der Waals surface area contributed by atoms with E-state index in [0.29, 0.717) is 0 Å². The quantitative estimate of drug-likeness (QED) is 0.452. The topological polar surface area (TPSA) is 55.5 Å². The van der Waals surface area contributed by atoms with Crippen LogP contribution in [0.25, 0.3) is 0 Å². The number of rotatable bonds is 0. The lowest BCUT2D eigenvalue weighted by molar-refractivity contribution is 0.0534. The second kappa shape index (κ2) is 1.68. The third-order valence-corrected chi connectivity index (χ3v) is 2.23. The summed E-state index contributed by atoms with van der Waals surface area (Å²) in [6.45, 7) is 0. The van der Waals surface area contributed by atoms with Crippen LogP contribution in [-0.2, 0) is 4.74 Å². The summed E-state index contributed by atoms with van der Waals surface area (Å²) in [5.74, 6) is 0. The molecule has 0 saturated carbocycles. The van der Waals surface area contributed by atoms with Crippen molar-refractivity contribution >= 4 is 0 Å². The van der Waals surface area contributed by atoms with Crippen LogP contribution in [0.1, 0.15) is 12.8 Å². The van der Waals surface area contributed by atoms with Crippen LogP contribution in [0.2, 0.25) is 0 Å². The maximum absolute atomic E-state index is 9.16. The molecule has 3 nitrogen and oxygen atoms in total. The highest BCUT2D eigenvalue weighted by Crippen LogP contribution is 2.33. The van der Waals surface area contributed by atoms with Gasteiger partial charge in [0.25, 0.3) is 0 Å². The molecule has 3 heteroatoms. The van der Waals surface area contributed by atoms with Crippen molar-refractivity contribution in [3.05, 3.63) is 0 Å². The Morgan fingerprint density at radius 1 is 1.33 bits per heavy atom. The molecule has 3 N–H and O–H groups in total. The Balaban J connectivity index is 2.10. The predicted molar refractivity (Wildman–Crippen MR) is 31.9 cm³/mol. The van der Waals surface area contributed by atoms with E-state index < -0.39 is 0 Å². The highest BCUT2D eigenvalue weighted by Gasteiger charge is 2.44. The summed E-state index contributed by atoms with van der Waals surface area (Å²) in [6.07, 6.45) is 1.53. The molecule has 0 radical (unpaired) electrons. The van der Waals surface area contributed by atoms with Crippen LogP contribution in [-0.4, -0.2) is 29.5 Å². The number of hydrogen-bond acceptors (Lipinski definition) is 3. The summed E-state index contributed by atoms with van der Waals surface area (Å²) in [7, 11) is 0. The Kier molecular flexibility index (Phi) is 1.06. The van der Waals surface area contributed by atoms with Gasteiger partial charge in [-0.1, -0.05) is 0 Å². The molecule has 0 aliphatic carbocycles. The van der Waals surface area contributed by atoms with E-state index in [0.717, 1.165) is 12.8 Å². The number of aliphatic hydroxyl groups excluding tert-OH is 1. The summed E-state index contributed by atoms with van der Waals surface area (Å²) >= 11 is 0. The summed E-state index contributed by atoms with van der Waals surface area (Å²) in [4.78, 5) is 0. The Labute approximate surface area is 53.8 Å². The van der Waals surface area contributed by atoms with E-state index in [-0.39, 0.29) is 24.4 Å². The van der Waals surface area contributed by atoms with Crippen molar-refractivity contribution in [1.29, 1.82) is 0 Å². The Bertz CT molecular complexity index is 110. The van der Waals surface area contributed by atoms with Crippen molar-refractivity contribution in [2.75, 3.05) is 0 Å². The molecule has 0 amide bonds. The van der Waals surface area contributed by atoms with Crippen LogP contribution < -0.4 is 5.73 Å². The second-order valence-corrected chi connectivity index (χ2v) is 2.92. The fourth-order valence-corrected chi connectivity index (χ4v) is 1.67. The van der Waals surface area contributed by atoms with Crippen molar-refractivity contribution in [3.63, 3.8) is 0 Å². The van der Waals surface area contributed by atoms with E-state index >= 15 is 0 Å². The van der Waals surface area contributed by atoms with E-state index in [1.165, 1.54) is 0 Å². The molecule has 2 rings (SSSR count). The number of ether oxygens (including phenoxy) is 1. The number of fused-ring (bicyclic) bond motifs is 2. The standard InChI is InChI=1S/C6H11NO2/c7-3-1-6-4(8)2-5(3)9-6/h3-6,8H,1-2,7H2. The Hall–Kier alpha value is -0.120. The normalized spacial score (nSPS) is 56.7. The Morgan fingerprint density at radius 3 is 2.44 bits per heavy atom. The lowest BCUT2D eigenvalue weighted by atomic mass is 9.94. The van der Waals surface area contributed by atoms with Gasteiger partial charge in [0.05, 0.1) is 18.3 Å². The smallest absolute Gasteiger partial charge is 0.0855 e. The summed E-state index contributed by atoms with van der Waals surface area (Å²) in [5, 5.41) is 9.16. The maximum Gasteiger partial charge on any atom is 0.0855 e. The van der Waals surface area contributed by atoms with E-state index in [2.05, 4.69) is 0 Å². The fourth-order valence-electron chi connectivity index (χ4n) is 1.67. The van der Waals surface area contributed by atoms with Gasteiger partial charge in [0.1, 0.15) is 0 Å². The minimum Gasteiger partial charge on any atom is -0.390 e. The van der Waals surface area contributed by atoms with Crippen molar-refractivity contribution in [2.45, 2.75) is 37.2 Å². The van der Waals surface area contributed by atoms with Gasteiger partial charge in [-0.05, 0) is 6.42 Å². The molecule has 4 unspecified atom stereocenters. The highest BCUT2D eigenvalue weighted by molar-refractivity contribution is 4.97. The van der Waals surface area contributed by atoms with Crippen LogP contribution in [0.15, 0.2) is 0 Å². The molecule has 0 aromatic rings. The lowest BCUT2D eigenvalue weighted by Gasteiger charge is -2.16. The minimum absolute atomic E-state index is 0.0463. The second-order valence-electron chi connectivity index (χ2n) is 2.92. The lowest BCUT2D eigenvalue weighted by Crippen LogP contribution is -2.36. The predicted octanol–water partition coefficient (Wildman–Crippen LogP) is -0.764. The molecule has 0 aromatic heterocycles. The van der Waals surface area contributed by atoms with E-state index in [9.17, 15) is 0 Å². The molecule has 2 aliphatic rings. The van der Waals surface area contributed by atoms with Gasteiger partial charge in [-0.15, -0.1) is 0 Å². The summed E-state index contributed by atoms with van der Waals surface area (Å²) in [5.41, 5.74) is 5.65. The molecular formula is C6H11NO2. The van der Waals surface area contributed by atoms with Gasteiger partial charge < -0.3 is 15.6 Å². The molecule has 9 heavy (non-hydrogen) atoms. The van der Waals surface area contributed by atoms with Crippen molar-refractivity contribution in [2.24, 2.45) is 5.73 Å². The third-order valence-electron chi connectivity index (χ3n) is 2.23. The van der Waals surface area contributed by atoms with E-state index in [1.54, 1.807) is 0 Å². The zero-order chi connectivity index (χ0) is 6.43. The maximum atomic E-state index is 9.16. The molecule has 0 aromatic carbocycles. The van der Waals surface area contributed by atoms with Gasteiger partial charge >= 0.3 is 0 Å². The first-order valence-electron chi connectivity index (χ1n) is 3.36. The molecule has 0 spiro atoms. The van der Waals surface area contributed by atoms with Gasteiger partial charge in [-0.3, -0.25) is 0 Å². The molecule has 2 saturated heterocycles. The van der Waals surface area contributed by atoms with Crippen LogP contribution in [0.3, 0.4) is 0 Å². The van der Waals surface area contributed by atoms with Crippen molar-refractivity contribution < 1.29 is 9.84 Å². The molecule has 4 atom stereocenters. The number of aliphatic hydroxyl groups is 1. The van der Waals surface area contributed by atoms with Crippen LogP contribution in [0, 0.1) is 0 Å². The van der Waals surface area contributed by atoms with E-state index in [1.807, 2.05) is 0 Å². The SMILES string of the molecule is NC1CC2OC1CC2O. The van der Waals surface area contributed by atoms with Crippen molar-refractivity contribution in [3.8, 4) is 0 Å². The third kappa shape index (κ3) is 0.689. The largest absolute Gasteiger partial charge is 0.390 e. The fraction of sp³-hybridized carbons (Fsp3) is 1.00. The van der Waals surface area contributed by atoms with Gasteiger partial charge in [-0.25, -0.2) is 0 Å². The minimum atomic E-state index is -0.241. The monoisotopic (exact) mass is 129 g/mol.